The van der Waals surface area contributed by atoms with E-state index in [1.807, 2.05) is 0 Å². The molecule has 3 fully saturated rings. The number of carbonyl (C=O) groups is 1. The maximum Gasteiger partial charge on any atom is 0.305 e. The second-order valence-electron chi connectivity index (χ2n) is 10.4. The molecule has 0 heterocycles. The topological polar surface area (TPSA) is 46.5 Å². The van der Waals surface area contributed by atoms with Gasteiger partial charge in [-0.05, 0) is 67.1 Å². The summed E-state index contributed by atoms with van der Waals surface area (Å²) in [4.78, 5) is 11.7. The maximum atomic E-state index is 11.7. The van der Waals surface area contributed by atoms with Crippen LogP contribution in [0.1, 0.15) is 86.5 Å². The zero-order chi connectivity index (χ0) is 18.6. The molecule has 3 aliphatic rings. The van der Waals surface area contributed by atoms with E-state index in [4.69, 9.17) is 4.74 Å². The number of fused-ring (bicyclic) bond motifs is 3. The number of aliphatic hydroxyl groups is 1. The van der Waals surface area contributed by atoms with E-state index in [2.05, 4.69) is 34.6 Å². The van der Waals surface area contributed by atoms with Crippen LogP contribution in [0.4, 0.5) is 0 Å². The van der Waals surface area contributed by atoms with Crippen molar-refractivity contribution in [2.24, 2.45) is 40.4 Å². The van der Waals surface area contributed by atoms with E-state index in [9.17, 15) is 9.90 Å². The fourth-order valence-electron chi connectivity index (χ4n) is 7.02. The second-order valence-corrected chi connectivity index (χ2v) is 10.4. The summed E-state index contributed by atoms with van der Waals surface area (Å²) in [7, 11) is 0. The number of ether oxygens (including phenoxy) is 1. The van der Waals surface area contributed by atoms with E-state index in [0.717, 1.165) is 31.6 Å². The van der Waals surface area contributed by atoms with Crippen LogP contribution >= 0.6 is 0 Å². The van der Waals surface area contributed by atoms with Crippen molar-refractivity contribution in [3.8, 4) is 0 Å². The summed E-state index contributed by atoms with van der Waals surface area (Å²) >= 11 is 0. The van der Waals surface area contributed by atoms with Crippen molar-refractivity contribution in [2.75, 3.05) is 0 Å². The average Bonchev–Trinajstić information content (AvgIpc) is 2.48. The molecule has 0 aliphatic heterocycles. The summed E-state index contributed by atoms with van der Waals surface area (Å²) < 4.78 is 5.61. The highest BCUT2D eigenvalue weighted by atomic mass is 16.7. The Morgan fingerprint density at radius 3 is 2.24 bits per heavy atom. The zero-order valence-electron chi connectivity index (χ0n) is 17.1. The molecule has 3 saturated carbocycles. The van der Waals surface area contributed by atoms with Crippen LogP contribution < -0.4 is 0 Å². The minimum atomic E-state index is -1.30. The Morgan fingerprint density at radius 2 is 1.60 bits per heavy atom. The molecule has 0 radical (unpaired) electrons. The third-order valence-electron chi connectivity index (χ3n) is 8.83. The molecule has 3 heteroatoms. The molecule has 0 aromatic rings. The normalized spacial score (nSPS) is 49.5. The van der Waals surface area contributed by atoms with Gasteiger partial charge in [0.1, 0.15) is 0 Å². The summed E-state index contributed by atoms with van der Waals surface area (Å²) in [6.07, 6.45) is 7.41. The maximum absolute atomic E-state index is 11.7. The minimum absolute atomic E-state index is 0.333. The van der Waals surface area contributed by atoms with Gasteiger partial charge in [-0.3, -0.25) is 4.79 Å². The summed E-state index contributed by atoms with van der Waals surface area (Å²) in [5.41, 5.74) is 0.0378. The van der Waals surface area contributed by atoms with E-state index in [0.29, 0.717) is 35.5 Å². The highest BCUT2D eigenvalue weighted by Crippen LogP contribution is 2.62. The second kappa shape index (κ2) is 6.25. The van der Waals surface area contributed by atoms with Crippen LogP contribution in [0, 0.1) is 40.4 Å². The van der Waals surface area contributed by atoms with Crippen molar-refractivity contribution in [2.45, 2.75) is 92.3 Å². The largest absolute Gasteiger partial charge is 0.433 e. The Bertz CT molecular complexity index is 527. The van der Waals surface area contributed by atoms with Crippen molar-refractivity contribution in [3.05, 3.63) is 0 Å². The highest BCUT2D eigenvalue weighted by Gasteiger charge is 2.61. The summed E-state index contributed by atoms with van der Waals surface area (Å²) in [6, 6.07) is 0. The van der Waals surface area contributed by atoms with E-state index < -0.39 is 5.79 Å². The molecular weight excluding hydrogens is 312 g/mol. The standard InChI is InChI=1S/C22H38O3/c1-14-7-8-17-13-19-15(2)9-12-22(24,25-16(3)23)21(19,6)11-10-18(14)20(17,4)5/h14-15,17-19,24H,7-13H2,1-6H3/t14-,15-,17+,18+,19-,21+,22?/m1/s1. The van der Waals surface area contributed by atoms with Crippen molar-refractivity contribution in [1.82, 2.24) is 0 Å². The first-order chi connectivity index (χ1) is 11.5. The van der Waals surface area contributed by atoms with Crippen LogP contribution in [0.25, 0.3) is 0 Å². The summed E-state index contributed by atoms with van der Waals surface area (Å²) in [5.74, 6) is 1.50. The van der Waals surface area contributed by atoms with E-state index in [1.54, 1.807) is 0 Å². The van der Waals surface area contributed by atoms with E-state index >= 15 is 0 Å². The zero-order valence-corrected chi connectivity index (χ0v) is 17.1. The molecule has 144 valence electrons. The van der Waals surface area contributed by atoms with Crippen LogP contribution in [-0.4, -0.2) is 16.9 Å². The van der Waals surface area contributed by atoms with Crippen molar-refractivity contribution in [1.29, 1.82) is 0 Å². The molecule has 0 aromatic carbocycles. The van der Waals surface area contributed by atoms with Crippen LogP contribution in [0.15, 0.2) is 0 Å². The first kappa shape index (κ1) is 19.2. The smallest absolute Gasteiger partial charge is 0.305 e. The molecule has 3 nitrogen and oxygen atoms in total. The minimum Gasteiger partial charge on any atom is -0.433 e. The molecule has 3 aliphatic carbocycles. The number of hydrogen-bond donors (Lipinski definition) is 1. The van der Waals surface area contributed by atoms with Crippen LogP contribution in [0.2, 0.25) is 0 Å². The molecule has 0 spiro atoms. The van der Waals surface area contributed by atoms with Crippen molar-refractivity contribution in [3.63, 3.8) is 0 Å². The quantitative estimate of drug-likeness (QED) is 0.524. The van der Waals surface area contributed by atoms with Gasteiger partial charge in [0.05, 0.1) is 0 Å². The Balaban J connectivity index is 2.00. The van der Waals surface area contributed by atoms with Crippen molar-refractivity contribution >= 4 is 5.97 Å². The van der Waals surface area contributed by atoms with Gasteiger partial charge < -0.3 is 9.84 Å². The lowest BCUT2D eigenvalue weighted by molar-refractivity contribution is -0.300. The third-order valence-corrected chi connectivity index (χ3v) is 8.83. The Hall–Kier alpha value is -0.570. The molecule has 3 rings (SSSR count). The Morgan fingerprint density at radius 1 is 0.960 bits per heavy atom. The van der Waals surface area contributed by atoms with Gasteiger partial charge >= 0.3 is 5.97 Å². The van der Waals surface area contributed by atoms with Gasteiger partial charge in [0, 0.05) is 18.8 Å². The van der Waals surface area contributed by atoms with Crippen LogP contribution in [0.5, 0.6) is 0 Å². The van der Waals surface area contributed by atoms with Gasteiger partial charge in [-0.2, -0.15) is 0 Å². The van der Waals surface area contributed by atoms with E-state index in [-0.39, 0.29) is 11.4 Å². The molecule has 1 N–H and O–H groups in total. The molecule has 7 atom stereocenters. The monoisotopic (exact) mass is 350 g/mol. The molecule has 2 bridgehead atoms. The lowest BCUT2D eigenvalue weighted by Crippen LogP contribution is -2.60. The van der Waals surface area contributed by atoms with Gasteiger partial charge in [-0.15, -0.1) is 0 Å². The van der Waals surface area contributed by atoms with Crippen LogP contribution in [0.3, 0.4) is 0 Å². The molecule has 0 saturated heterocycles. The number of esters is 1. The predicted octanol–water partition coefficient (Wildman–Crippen LogP) is 5.16. The fourth-order valence-corrected chi connectivity index (χ4v) is 7.02. The number of rotatable bonds is 1. The van der Waals surface area contributed by atoms with Crippen molar-refractivity contribution < 1.29 is 14.6 Å². The first-order valence-electron chi connectivity index (χ1n) is 10.4. The van der Waals surface area contributed by atoms with Gasteiger partial charge in [-0.25, -0.2) is 0 Å². The Kier molecular flexibility index (Phi) is 4.80. The molecule has 25 heavy (non-hydrogen) atoms. The highest BCUT2D eigenvalue weighted by molar-refractivity contribution is 5.66. The first-order valence-corrected chi connectivity index (χ1v) is 10.4. The summed E-state index contributed by atoms with van der Waals surface area (Å²) in [5, 5.41) is 11.4. The van der Waals surface area contributed by atoms with Crippen LogP contribution in [-0.2, 0) is 9.53 Å². The Labute approximate surface area is 153 Å². The summed E-state index contributed by atoms with van der Waals surface area (Å²) in [6.45, 7) is 13.3. The molecule has 0 amide bonds. The number of carbonyl (C=O) groups excluding carboxylic acids is 1. The van der Waals surface area contributed by atoms with Gasteiger partial charge in [0.25, 0.3) is 0 Å². The lowest BCUT2D eigenvalue weighted by Gasteiger charge is -2.60. The van der Waals surface area contributed by atoms with Gasteiger partial charge in [-0.1, -0.05) is 41.0 Å². The fraction of sp³-hybridized carbons (Fsp3) is 0.955. The van der Waals surface area contributed by atoms with Gasteiger partial charge in [0.2, 0.25) is 5.79 Å². The number of hydrogen-bond acceptors (Lipinski definition) is 3. The molecule has 1 unspecified atom stereocenters. The molecular formula is C22H38O3. The molecule has 0 aromatic heterocycles. The third kappa shape index (κ3) is 2.95. The predicted molar refractivity (Wildman–Crippen MR) is 99.7 cm³/mol. The SMILES string of the molecule is CC(=O)OC1(O)CC[C@@H](C)[C@H]2C[C@@H]3CC[C@@H](C)[C@H](CC[C@@]21C)C3(C)C. The lowest BCUT2D eigenvalue weighted by atomic mass is 9.47. The van der Waals surface area contributed by atoms with E-state index in [1.165, 1.54) is 19.8 Å². The average molecular weight is 351 g/mol. The van der Waals surface area contributed by atoms with Gasteiger partial charge in [0.15, 0.2) is 0 Å².